The summed E-state index contributed by atoms with van der Waals surface area (Å²) >= 11 is 0. The standard InChI is InChI=1S/C10H8O4/c11-8(12)4-6-2-1-3-7-5-14-10(13)9(6)7/h1-3H,4-5H2,(H,11,12). The van der Waals surface area contributed by atoms with Crippen LogP contribution >= 0.6 is 0 Å². The van der Waals surface area contributed by atoms with Crippen molar-refractivity contribution >= 4 is 11.9 Å². The van der Waals surface area contributed by atoms with Crippen molar-refractivity contribution in [1.29, 1.82) is 0 Å². The molecule has 0 radical (unpaired) electrons. The van der Waals surface area contributed by atoms with Crippen LogP contribution in [0.15, 0.2) is 18.2 Å². The monoisotopic (exact) mass is 192 g/mol. The Morgan fingerprint density at radius 3 is 3.00 bits per heavy atom. The van der Waals surface area contributed by atoms with Gasteiger partial charge in [-0.25, -0.2) is 4.79 Å². The second-order valence-corrected chi connectivity index (χ2v) is 3.10. The molecular formula is C10H8O4. The normalized spacial score (nSPS) is 13.6. The first kappa shape index (κ1) is 8.74. The smallest absolute Gasteiger partial charge is 0.339 e. The third kappa shape index (κ3) is 1.35. The Balaban J connectivity index is 2.46. The average Bonchev–Trinajstić information content (AvgIpc) is 2.48. The molecule has 0 aromatic heterocycles. The molecule has 72 valence electrons. The number of hydrogen-bond donors (Lipinski definition) is 1. The molecule has 0 unspecified atom stereocenters. The Morgan fingerprint density at radius 1 is 1.50 bits per heavy atom. The molecule has 1 aromatic rings. The Labute approximate surface area is 80.1 Å². The fourth-order valence-corrected chi connectivity index (χ4v) is 1.56. The van der Waals surface area contributed by atoms with Crippen molar-refractivity contribution in [3.8, 4) is 0 Å². The lowest BCUT2D eigenvalue weighted by Gasteiger charge is -2.01. The zero-order chi connectivity index (χ0) is 10.1. The average molecular weight is 192 g/mol. The first-order valence-electron chi connectivity index (χ1n) is 4.18. The first-order valence-corrected chi connectivity index (χ1v) is 4.18. The first-order chi connectivity index (χ1) is 6.68. The van der Waals surface area contributed by atoms with Crippen LogP contribution in [0.1, 0.15) is 21.5 Å². The molecule has 0 spiro atoms. The van der Waals surface area contributed by atoms with E-state index in [2.05, 4.69) is 0 Å². The number of ether oxygens (including phenoxy) is 1. The van der Waals surface area contributed by atoms with Crippen LogP contribution in [0, 0.1) is 0 Å². The predicted molar refractivity (Wildman–Crippen MR) is 46.9 cm³/mol. The minimum absolute atomic E-state index is 0.141. The van der Waals surface area contributed by atoms with Gasteiger partial charge >= 0.3 is 11.9 Å². The van der Waals surface area contributed by atoms with Gasteiger partial charge in [0.25, 0.3) is 0 Å². The van der Waals surface area contributed by atoms with Crippen molar-refractivity contribution in [2.75, 3.05) is 0 Å². The van der Waals surface area contributed by atoms with Crippen molar-refractivity contribution in [2.24, 2.45) is 0 Å². The molecule has 1 N–H and O–H groups in total. The highest BCUT2D eigenvalue weighted by Crippen LogP contribution is 2.23. The fraction of sp³-hybridized carbons (Fsp3) is 0.200. The largest absolute Gasteiger partial charge is 0.481 e. The van der Waals surface area contributed by atoms with Gasteiger partial charge in [-0.1, -0.05) is 18.2 Å². The van der Waals surface area contributed by atoms with Gasteiger partial charge in [-0.2, -0.15) is 0 Å². The van der Waals surface area contributed by atoms with Crippen molar-refractivity contribution in [3.05, 3.63) is 34.9 Å². The molecule has 0 amide bonds. The lowest BCUT2D eigenvalue weighted by molar-refractivity contribution is -0.136. The van der Waals surface area contributed by atoms with E-state index in [1.165, 1.54) is 0 Å². The highest BCUT2D eigenvalue weighted by atomic mass is 16.5. The number of esters is 1. The quantitative estimate of drug-likeness (QED) is 0.709. The topological polar surface area (TPSA) is 63.6 Å². The number of carboxylic acid groups (broad SMARTS) is 1. The Kier molecular flexibility index (Phi) is 1.96. The van der Waals surface area contributed by atoms with E-state index in [0.29, 0.717) is 11.1 Å². The maximum absolute atomic E-state index is 11.3. The van der Waals surface area contributed by atoms with Crippen molar-refractivity contribution in [2.45, 2.75) is 13.0 Å². The van der Waals surface area contributed by atoms with Crippen LogP contribution in [0.2, 0.25) is 0 Å². The summed E-state index contributed by atoms with van der Waals surface area (Å²) in [5.41, 5.74) is 1.72. The number of aliphatic carboxylic acids is 1. The van der Waals surface area contributed by atoms with E-state index in [1.54, 1.807) is 18.2 Å². The number of carboxylic acids is 1. The fourth-order valence-electron chi connectivity index (χ4n) is 1.56. The minimum Gasteiger partial charge on any atom is -0.481 e. The summed E-state index contributed by atoms with van der Waals surface area (Å²) in [7, 11) is 0. The maximum atomic E-state index is 11.3. The van der Waals surface area contributed by atoms with E-state index >= 15 is 0 Å². The van der Waals surface area contributed by atoms with Gasteiger partial charge in [0.1, 0.15) is 6.61 Å². The molecule has 0 saturated heterocycles. The molecular weight excluding hydrogens is 184 g/mol. The number of hydrogen-bond acceptors (Lipinski definition) is 3. The minimum atomic E-state index is -0.946. The van der Waals surface area contributed by atoms with Crippen molar-refractivity contribution < 1.29 is 19.4 Å². The van der Waals surface area contributed by atoms with E-state index in [9.17, 15) is 9.59 Å². The zero-order valence-electron chi connectivity index (χ0n) is 7.32. The van der Waals surface area contributed by atoms with Crippen LogP contribution in [0.25, 0.3) is 0 Å². The summed E-state index contributed by atoms with van der Waals surface area (Å²) in [5.74, 6) is -1.37. The third-order valence-corrected chi connectivity index (χ3v) is 2.14. The molecule has 0 fully saturated rings. The lowest BCUT2D eigenvalue weighted by atomic mass is 10.0. The Bertz CT molecular complexity index is 409. The summed E-state index contributed by atoms with van der Waals surface area (Å²) in [6, 6.07) is 5.14. The molecule has 0 aliphatic carbocycles. The molecule has 4 nitrogen and oxygen atoms in total. The molecule has 1 aliphatic rings. The summed E-state index contributed by atoms with van der Waals surface area (Å²) in [4.78, 5) is 21.8. The van der Waals surface area contributed by atoms with Crippen LogP contribution in [-0.2, 0) is 22.6 Å². The number of rotatable bonds is 2. The second-order valence-electron chi connectivity index (χ2n) is 3.10. The summed E-state index contributed by atoms with van der Waals surface area (Å²) < 4.78 is 4.81. The Hall–Kier alpha value is -1.84. The highest BCUT2D eigenvalue weighted by Gasteiger charge is 2.24. The zero-order valence-corrected chi connectivity index (χ0v) is 7.32. The Morgan fingerprint density at radius 2 is 2.29 bits per heavy atom. The number of carbonyl (C=O) groups excluding carboxylic acids is 1. The van der Waals surface area contributed by atoms with Gasteiger partial charge in [-0.15, -0.1) is 0 Å². The molecule has 4 heteroatoms. The summed E-state index contributed by atoms with van der Waals surface area (Å²) in [6.07, 6.45) is -0.141. The molecule has 1 aromatic carbocycles. The molecule has 0 atom stereocenters. The number of benzene rings is 1. The molecule has 1 heterocycles. The summed E-state index contributed by atoms with van der Waals surface area (Å²) in [5, 5.41) is 8.63. The third-order valence-electron chi connectivity index (χ3n) is 2.14. The van der Waals surface area contributed by atoms with Crippen LogP contribution in [0.5, 0.6) is 0 Å². The highest BCUT2D eigenvalue weighted by molar-refractivity contribution is 5.96. The number of carbonyl (C=O) groups is 2. The van der Waals surface area contributed by atoms with Gasteiger partial charge in [-0.3, -0.25) is 4.79 Å². The molecule has 1 aliphatic heterocycles. The van der Waals surface area contributed by atoms with E-state index in [0.717, 1.165) is 5.56 Å². The van der Waals surface area contributed by atoms with Crippen LogP contribution in [0.3, 0.4) is 0 Å². The van der Waals surface area contributed by atoms with Gasteiger partial charge in [0.05, 0.1) is 12.0 Å². The van der Waals surface area contributed by atoms with Gasteiger partial charge in [0, 0.05) is 5.56 Å². The lowest BCUT2D eigenvalue weighted by Crippen LogP contribution is -2.06. The van der Waals surface area contributed by atoms with Crippen LogP contribution < -0.4 is 0 Å². The predicted octanol–water partition coefficient (Wildman–Crippen LogP) is 0.984. The van der Waals surface area contributed by atoms with Crippen molar-refractivity contribution in [1.82, 2.24) is 0 Å². The van der Waals surface area contributed by atoms with Gasteiger partial charge in [-0.05, 0) is 5.56 Å². The molecule has 14 heavy (non-hydrogen) atoms. The summed E-state index contributed by atoms with van der Waals surface area (Å²) in [6.45, 7) is 0.252. The van der Waals surface area contributed by atoms with Crippen LogP contribution in [0.4, 0.5) is 0 Å². The van der Waals surface area contributed by atoms with Gasteiger partial charge in [0.15, 0.2) is 0 Å². The molecule has 0 saturated carbocycles. The molecule has 0 bridgehead atoms. The van der Waals surface area contributed by atoms with E-state index in [1.807, 2.05) is 0 Å². The van der Waals surface area contributed by atoms with Gasteiger partial charge in [0.2, 0.25) is 0 Å². The van der Waals surface area contributed by atoms with E-state index in [4.69, 9.17) is 9.84 Å². The van der Waals surface area contributed by atoms with Crippen LogP contribution in [-0.4, -0.2) is 17.0 Å². The van der Waals surface area contributed by atoms with E-state index in [-0.39, 0.29) is 13.0 Å². The van der Waals surface area contributed by atoms with E-state index < -0.39 is 11.9 Å². The second kappa shape index (κ2) is 3.14. The molecule has 2 rings (SSSR count). The van der Waals surface area contributed by atoms with Crippen molar-refractivity contribution in [3.63, 3.8) is 0 Å². The SMILES string of the molecule is O=C(O)Cc1cccc2c1C(=O)OC2. The van der Waals surface area contributed by atoms with Gasteiger partial charge < -0.3 is 9.84 Å². The number of cyclic esters (lactones) is 1. The maximum Gasteiger partial charge on any atom is 0.339 e. The number of fused-ring (bicyclic) bond motifs is 1.